The van der Waals surface area contributed by atoms with Crippen LogP contribution >= 0.6 is 11.3 Å². The molecule has 2 aromatic carbocycles. The first-order valence-electron chi connectivity index (χ1n) is 8.23. The molecule has 2 amide bonds. The summed E-state index contributed by atoms with van der Waals surface area (Å²) in [6.07, 6.45) is 0. The van der Waals surface area contributed by atoms with Crippen LogP contribution in [0.5, 0.6) is 0 Å². The molecule has 1 heterocycles. The van der Waals surface area contributed by atoms with Gasteiger partial charge in [-0.2, -0.15) is 0 Å². The molecule has 0 unspecified atom stereocenters. The number of thiophene rings is 1. The van der Waals surface area contributed by atoms with Crippen molar-refractivity contribution in [1.29, 1.82) is 0 Å². The van der Waals surface area contributed by atoms with Crippen LogP contribution in [0.15, 0.2) is 77.0 Å². The minimum atomic E-state index is -3.78. The third-order valence-corrected chi connectivity index (χ3v) is 6.02. The van der Waals surface area contributed by atoms with Crippen molar-refractivity contribution in [2.45, 2.75) is 11.4 Å². The lowest BCUT2D eigenvalue weighted by molar-refractivity contribution is 0.0846. The number of sulfonamides is 1. The van der Waals surface area contributed by atoms with Crippen molar-refractivity contribution in [3.05, 3.63) is 88.1 Å². The Bertz CT molecular complexity index is 1070. The summed E-state index contributed by atoms with van der Waals surface area (Å²) in [7, 11) is -3.78. The van der Waals surface area contributed by atoms with Crippen molar-refractivity contribution < 1.29 is 18.0 Å². The number of amides is 2. The number of carbonyl (C=O) groups excluding carboxylic acids is 2. The Kier molecular flexibility index (Phi) is 6.19. The zero-order valence-corrected chi connectivity index (χ0v) is 16.2. The topological polar surface area (TPSA) is 104 Å². The number of rotatable bonds is 6. The molecule has 0 radical (unpaired) electrons. The summed E-state index contributed by atoms with van der Waals surface area (Å²) < 4.78 is 27.4. The summed E-state index contributed by atoms with van der Waals surface area (Å²) in [4.78, 5) is 25.1. The van der Waals surface area contributed by atoms with Crippen LogP contribution in [0.4, 0.5) is 0 Å². The van der Waals surface area contributed by atoms with Crippen LogP contribution in [0.25, 0.3) is 0 Å². The fraction of sp³-hybridized carbons (Fsp3) is 0.0526. The maximum atomic E-state index is 12.4. The molecule has 3 rings (SSSR count). The van der Waals surface area contributed by atoms with Crippen LogP contribution in [0, 0.1) is 0 Å². The van der Waals surface area contributed by atoms with E-state index < -0.39 is 21.8 Å². The van der Waals surface area contributed by atoms with Gasteiger partial charge in [0.25, 0.3) is 11.8 Å². The average molecular weight is 415 g/mol. The molecule has 0 bridgehead atoms. The largest absolute Gasteiger partial charge is 0.269 e. The minimum Gasteiger partial charge on any atom is -0.267 e. The smallest absolute Gasteiger partial charge is 0.267 e. The number of nitrogens with one attached hydrogen (secondary N) is 3. The predicted molar refractivity (Wildman–Crippen MR) is 106 cm³/mol. The molecule has 0 fully saturated rings. The minimum absolute atomic E-state index is 0.0360. The molecule has 0 atom stereocenters. The molecule has 3 N–H and O–H groups in total. The van der Waals surface area contributed by atoms with E-state index in [2.05, 4.69) is 15.6 Å². The van der Waals surface area contributed by atoms with E-state index in [1.165, 1.54) is 35.6 Å². The standard InChI is InChI=1S/C19H17N3O4S2/c23-18(14-6-2-1-3-7-14)21-22-19(24)15-8-4-10-17(12-15)28(25,26)20-13-16-9-5-11-27-16/h1-12,20H,13H2,(H,21,23)(H,22,24). The van der Waals surface area contributed by atoms with Crippen molar-refractivity contribution in [1.82, 2.24) is 15.6 Å². The fourth-order valence-electron chi connectivity index (χ4n) is 2.31. The van der Waals surface area contributed by atoms with Crippen LogP contribution in [0.3, 0.4) is 0 Å². The highest BCUT2D eigenvalue weighted by Gasteiger charge is 2.17. The molecule has 0 saturated carbocycles. The second kappa shape index (κ2) is 8.79. The fourth-order valence-corrected chi connectivity index (χ4v) is 4.10. The molecule has 7 nitrogen and oxygen atoms in total. The Labute approximate surface area is 166 Å². The maximum Gasteiger partial charge on any atom is 0.269 e. The Morgan fingerprint density at radius 3 is 2.18 bits per heavy atom. The van der Waals surface area contributed by atoms with E-state index in [0.717, 1.165) is 4.88 Å². The van der Waals surface area contributed by atoms with Crippen LogP contribution < -0.4 is 15.6 Å². The van der Waals surface area contributed by atoms with Crippen LogP contribution in [-0.4, -0.2) is 20.2 Å². The maximum absolute atomic E-state index is 12.4. The molecular weight excluding hydrogens is 398 g/mol. The van der Waals surface area contributed by atoms with Gasteiger partial charge in [0.2, 0.25) is 10.0 Å². The summed E-state index contributed by atoms with van der Waals surface area (Å²) in [5.74, 6) is -1.10. The molecule has 3 aromatic rings. The van der Waals surface area contributed by atoms with Gasteiger partial charge in [-0.15, -0.1) is 11.3 Å². The molecule has 144 valence electrons. The van der Waals surface area contributed by atoms with Gasteiger partial charge >= 0.3 is 0 Å². The van der Waals surface area contributed by atoms with Crippen molar-refractivity contribution in [3.8, 4) is 0 Å². The molecule has 0 aliphatic carbocycles. The first-order valence-corrected chi connectivity index (χ1v) is 10.6. The Morgan fingerprint density at radius 1 is 0.821 bits per heavy atom. The third-order valence-electron chi connectivity index (χ3n) is 3.75. The van der Waals surface area contributed by atoms with E-state index in [1.54, 1.807) is 30.3 Å². The van der Waals surface area contributed by atoms with Crippen LogP contribution in [0.1, 0.15) is 25.6 Å². The van der Waals surface area contributed by atoms with Crippen LogP contribution in [-0.2, 0) is 16.6 Å². The molecule has 0 aliphatic heterocycles. The van der Waals surface area contributed by atoms with Crippen molar-refractivity contribution in [3.63, 3.8) is 0 Å². The van der Waals surface area contributed by atoms with Gasteiger partial charge < -0.3 is 0 Å². The van der Waals surface area contributed by atoms with Gasteiger partial charge in [0.05, 0.1) is 4.90 Å². The third kappa shape index (κ3) is 5.03. The number of hydrogen-bond acceptors (Lipinski definition) is 5. The Balaban J connectivity index is 1.64. The van der Waals surface area contributed by atoms with E-state index in [-0.39, 0.29) is 17.0 Å². The lowest BCUT2D eigenvalue weighted by Gasteiger charge is -2.09. The summed E-state index contributed by atoms with van der Waals surface area (Å²) in [5, 5.41) is 1.86. The van der Waals surface area contributed by atoms with E-state index in [0.29, 0.717) is 5.56 Å². The van der Waals surface area contributed by atoms with E-state index in [1.807, 2.05) is 17.5 Å². The molecule has 1 aromatic heterocycles. The van der Waals surface area contributed by atoms with E-state index in [9.17, 15) is 18.0 Å². The van der Waals surface area contributed by atoms with Crippen molar-refractivity contribution in [2.24, 2.45) is 0 Å². The first-order chi connectivity index (χ1) is 13.5. The van der Waals surface area contributed by atoms with Gasteiger partial charge in [-0.1, -0.05) is 30.3 Å². The van der Waals surface area contributed by atoms with E-state index in [4.69, 9.17) is 0 Å². The van der Waals surface area contributed by atoms with Gasteiger partial charge in [0, 0.05) is 22.5 Å². The summed E-state index contributed by atoms with van der Waals surface area (Å²) >= 11 is 1.44. The van der Waals surface area contributed by atoms with Gasteiger partial charge in [0.1, 0.15) is 0 Å². The van der Waals surface area contributed by atoms with E-state index >= 15 is 0 Å². The number of benzene rings is 2. The summed E-state index contributed by atoms with van der Waals surface area (Å²) in [5.41, 5.74) is 5.07. The molecule has 9 heteroatoms. The SMILES string of the molecule is O=C(NNC(=O)c1cccc(S(=O)(=O)NCc2cccs2)c1)c1ccccc1. The monoisotopic (exact) mass is 415 g/mol. The Morgan fingerprint density at radius 2 is 1.50 bits per heavy atom. The number of hydrogen-bond donors (Lipinski definition) is 3. The quantitative estimate of drug-likeness (QED) is 0.537. The lowest BCUT2D eigenvalue weighted by Crippen LogP contribution is -2.41. The summed E-state index contributed by atoms with van der Waals surface area (Å²) in [6, 6.07) is 17.6. The lowest BCUT2D eigenvalue weighted by atomic mass is 10.2. The molecule has 0 saturated heterocycles. The van der Waals surface area contributed by atoms with Gasteiger partial charge in [-0.3, -0.25) is 20.4 Å². The van der Waals surface area contributed by atoms with Gasteiger partial charge in [-0.05, 0) is 41.8 Å². The van der Waals surface area contributed by atoms with Gasteiger partial charge in [-0.25, -0.2) is 13.1 Å². The Hall–Kier alpha value is -3.01. The zero-order chi connectivity index (χ0) is 20.0. The second-order valence-electron chi connectivity index (χ2n) is 5.71. The zero-order valence-electron chi connectivity index (χ0n) is 14.6. The first kappa shape index (κ1) is 19.7. The van der Waals surface area contributed by atoms with Crippen LogP contribution in [0.2, 0.25) is 0 Å². The second-order valence-corrected chi connectivity index (χ2v) is 8.51. The predicted octanol–water partition coefficient (Wildman–Crippen LogP) is 2.30. The summed E-state index contributed by atoms with van der Waals surface area (Å²) in [6.45, 7) is 0.170. The van der Waals surface area contributed by atoms with Crippen molar-refractivity contribution >= 4 is 33.2 Å². The normalized spacial score (nSPS) is 11.0. The van der Waals surface area contributed by atoms with Gasteiger partial charge in [0.15, 0.2) is 0 Å². The number of carbonyl (C=O) groups is 2. The molecular formula is C19H17N3O4S2. The van der Waals surface area contributed by atoms with Crippen molar-refractivity contribution in [2.75, 3.05) is 0 Å². The highest BCUT2D eigenvalue weighted by Crippen LogP contribution is 2.14. The highest BCUT2D eigenvalue weighted by atomic mass is 32.2. The average Bonchev–Trinajstić information content (AvgIpc) is 3.25. The molecule has 0 spiro atoms. The molecule has 0 aliphatic rings. The number of hydrazine groups is 1. The molecule has 28 heavy (non-hydrogen) atoms. The highest BCUT2D eigenvalue weighted by molar-refractivity contribution is 7.89.